The number of carbonyl (C=O) groups is 1. The van der Waals surface area contributed by atoms with Crippen molar-refractivity contribution in [1.82, 2.24) is 0 Å². The van der Waals surface area contributed by atoms with Gasteiger partial charge in [0.05, 0.1) is 18.2 Å². The van der Waals surface area contributed by atoms with Crippen LogP contribution in [-0.4, -0.2) is 34.9 Å². The van der Waals surface area contributed by atoms with Gasteiger partial charge in [0.2, 0.25) is 0 Å². The fourth-order valence-corrected chi connectivity index (χ4v) is 1.45. The van der Waals surface area contributed by atoms with Crippen molar-refractivity contribution >= 4 is 12.0 Å². The summed E-state index contributed by atoms with van der Waals surface area (Å²) in [6.45, 7) is 1.88. The second-order valence-corrected chi connectivity index (χ2v) is 3.66. The molecule has 84 valence electrons. The molecule has 1 rings (SSSR count). The van der Waals surface area contributed by atoms with E-state index in [2.05, 4.69) is 4.99 Å². The van der Waals surface area contributed by atoms with Crippen molar-refractivity contribution in [3.05, 3.63) is 11.3 Å². The molecule has 0 heterocycles. The summed E-state index contributed by atoms with van der Waals surface area (Å²) < 4.78 is 0. The number of rotatable bonds is 4. The topological polar surface area (TPSA) is 69.9 Å². The maximum atomic E-state index is 11.4. The molecule has 0 aromatic heterocycles. The van der Waals surface area contributed by atoms with E-state index in [1.54, 1.807) is 0 Å². The molecule has 1 aliphatic carbocycles. The summed E-state index contributed by atoms with van der Waals surface area (Å²) in [7, 11) is 0. The van der Waals surface area contributed by atoms with E-state index in [4.69, 9.17) is 5.11 Å². The van der Waals surface area contributed by atoms with Crippen molar-refractivity contribution in [3.63, 3.8) is 0 Å². The van der Waals surface area contributed by atoms with Gasteiger partial charge in [-0.1, -0.05) is 6.92 Å². The molecule has 0 amide bonds. The van der Waals surface area contributed by atoms with Crippen molar-refractivity contribution in [2.24, 2.45) is 4.99 Å². The maximum absolute atomic E-state index is 11.4. The number of aliphatic imine (C=N–C) groups is 1. The molecule has 15 heavy (non-hydrogen) atoms. The molecule has 0 bridgehead atoms. The number of aliphatic hydroxyl groups excluding tert-OH is 2. The standard InChI is InChI=1S/C11H17NO3/c1-2-8(7-13)12-6-9-10(14)4-3-5-11(9)15/h6,8,13-14H,2-5,7H2,1H3/t8-/m0/s1. The highest BCUT2D eigenvalue weighted by atomic mass is 16.3. The molecule has 0 fully saturated rings. The van der Waals surface area contributed by atoms with E-state index in [-0.39, 0.29) is 24.2 Å². The van der Waals surface area contributed by atoms with Crippen LogP contribution in [0.4, 0.5) is 0 Å². The predicted molar refractivity (Wildman–Crippen MR) is 58.2 cm³/mol. The minimum absolute atomic E-state index is 0.0325. The Morgan fingerprint density at radius 1 is 1.53 bits per heavy atom. The van der Waals surface area contributed by atoms with Crippen LogP contribution >= 0.6 is 0 Å². The summed E-state index contributed by atoms with van der Waals surface area (Å²) in [5.74, 6) is 0.0677. The average molecular weight is 211 g/mol. The number of nitrogens with zero attached hydrogens (tertiary/aromatic N) is 1. The van der Waals surface area contributed by atoms with E-state index in [9.17, 15) is 9.90 Å². The fraction of sp³-hybridized carbons (Fsp3) is 0.636. The molecule has 0 radical (unpaired) electrons. The lowest BCUT2D eigenvalue weighted by molar-refractivity contribution is -0.115. The Morgan fingerprint density at radius 2 is 2.27 bits per heavy atom. The van der Waals surface area contributed by atoms with Crippen molar-refractivity contribution in [2.75, 3.05) is 6.61 Å². The Balaban J connectivity index is 2.74. The highest BCUT2D eigenvalue weighted by Gasteiger charge is 2.18. The third kappa shape index (κ3) is 3.16. The first-order valence-electron chi connectivity index (χ1n) is 5.28. The lowest BCUT2D eigenvalue weighted by Gasteiger charge is -2.12. The summed E-state index contributed by atoms with van der Waals surface area (Å²) in [5, 5.41) is 18.4. The predicted octanol–water partition coefficient (Wildman–Crippen LogP) is 1.39. The third-order valence-electron chi connectivity index (χ3n) is 2.53. The minimum atomic E-state index is -0.181. The third-order valence-corrected chi connectivity index (χ3v) is 2.53. The van der Waals surface area contributed by atoms with Gasteiger partial charge in [0.1, 0.15) is 5.76 Å². The molecular formula is C11H17NO3. The number of carbonyl (C=O) groups excluding carboxylic acids is 1. The first-order valence-corrected chi connectivity index (χ1v) is 5.28. The molecular weight excluding hydrogens is 194 g/mol. The first-order chi connectivity index (χ1) is 7.19. The molecule has 0 unspecified atom stereocenters. The first kappa shape index (κ1) is 11.9. The van der Waals surface area contributed by atoms with Gasteiger partial charge in [-0.25, -0.2) is 0 Å². The maximum Gasteiger partial charge on any atom is 0.167 e. The number of aliphatic hydroxyl groups is 2. The lowest BCUT2D eigenvalue weighted by Crippen LogP contribution is -2.15. The van der Waals surface area contributed by atoms with Crippen molar-refractivity contribution in [1.29, 1.82) is 0 Å². The summed E-state index contributed by atoms with van der Waals surface area (Å²) in [6, 6.07) is -0.181. The van der Waals surface area contributed by atoms with E-state index in [0.29, 0.717) is 24.8 Å². The van der Waals surface area contributed by atoms with E-state index in [0.717, 1.165) is 6.42 Å². The highest BCUT2D eigenvalue weighted by Crippen LogP contribution is 2.18. The van der Waals surface area contributed by atoms with Crippen LogP contribution in [0.5, 0.6) is 0 Å². The molecule has 1 aliphatic rings. The molecule has 0 aromatic carbocycles. The Kier molecular flexibility index (Phi) is 4.49. The molecule has 4 heteroatoms. The number of ketones is 1. The monoisotopic (exact) mass is 211 g/mol. The van der Waals surface area contributed by atoms with Gasteiger partial charge in [-0.05, 0) is 12.8 Å². The van der Waals surface area contributed by atoms with E-state index >= 15 is 0 Å². The van der Waals surface area contributed by atoms with Gasteiger partial charge in [-0.3, -0.25) is 9.79 Å². The van der Waals surface area contributed by atoms with Crippen LogP contribution in [0.15, 0.2) is 16.3 Å². The molecule has 0 aliphatic heterocycles. The molecule has 0 aromatic rings. The normalized spacial score (nSPS) is 20.0. The molecule has 0 spiro atoms. The van der Waals surface area contributed by atoms with Crippen molar-refractivity contribution in [2.45, 2.75) is 38.6 Å². The van der Waals surface area contributed by atoms with Gasteiger partial charge in [0.15, 0.2) is 5.78 Å². The zero-order valence-electron chi connectivity index (χ0n) is 8.94. The Bertz CT molecular complexity index is 290. The lowest BCUT2D eigenvalue weighted by atomic mass is 9.97. The van der Waals surface area contributed by atoms with Crippen LogP contribution in [0.1, 0.15) is 32.6 Å². The zero-order valence-corrected chi connectivity index (χ0v) is 8.94. The quantitative estimate of drug-likeness (QED) is 0.690. The Labute approximate surface area is 89.3 Å². The summed E-state index contributed by atoms with van der Waals surface area (Å²) in [6.07, 6.45) is 3.85. The smallest absolute Gasteiger partial charge is 0.167 e. The molecule has 1 atom stereocenters. The molecule has 0 saturated carbocycles. The van der Waals surface area contributed by atoms with Crippen LogP contribution in [0.2, 0.25) is 0 Å². The Morgan fingerprint density at radius 3 is 2.80 bits per heavy atom. The van der Waals surface area contributed by atoms with Gasteiger partial charge in [-0.2, -0.15) is 0 Å². The molecule has 4 nitrogen and oxygen atoms in total. The van der Waals surface area contributed by atoms with Crippen LogP contribution < -0.4 is 0 Å². The van der Waals surface area contributed by atoms with E-state index < -0.39 is 0 Å². The van der Waals surface area contributed by atoms with Gasteiger partial charge < -0.3 is 10.2 Å². The summed E-state index contributed by atoms with van der Waals surface area (Å²) in [4.78, 5) is 15.5. The zero-order chi connectivity index (χ0) is 11.3. The van der Waals surface area contributed by atoms with Crippen molar-refractivity contribution in [3.8, 4) is 0 Å². The van der Waals surface area contributed by atoms with Gasteiger partial charge in [0, 0.05) is 19.1 Å². The molecule has 0 saturated heterocycles. The molecule has 2 N–H and O–H groups in total. The second kappa shape index (κ2) is 5.66. The number of Topliss-reactive ketones (excluding diaryl/α,β-unsaturated/α-hetero) is 1. The highest BCUT2D eigenvalue weighted by molar-refractivity contribution is 6.14. The fourth-order valence-electron chi connectivity index (χ4n) is 1.45. The van der Waals surface area contributed by atoms with Crippen LogP contribution in [-0.2, 0) is 4.79 Å². The Hall–Kier alpha value is -1.16. The van der Waals surface area contributed by atoms with Gasteiger partial charge in [0.25, 0.3) is 0 Å². The second-order valence-electron chi connectivity index (χ2n) is 3.66. The minimum Gasteiger partial charge on any atom is -0.512 e. The van der Waals surface area contributed by atoms with E-state index in [1.165, 1.54) is 6.21 Å². The summed E-state index contributed by atoms with van der Waals surface area (Å²) >= 11 is 0. The van der Waals surface area contributed by atoms with Crippen molar-refractivity contribution < 1.29 is 15.0 Å². The van der Waals surface area contributed by atoms with E-state index in [1.807, 2.05) is 6.92 Å². The summed E-state index contributed by atoms with van der Waals surface area (Å²) in [5.41, 5.74) is 0.313. The number of hydrogen-bond donors (Lipinski definition) is 2. The number of hydrogen-bond acceptors (Lipinski definition) is 4. The largest absolute Gasteiger partial charge is 0.512 e. The van der Waals surface area contributed by atoms with Crippen LogP contribution in [0, 0.1) is 0 Å². The van der Waals surface area contributed by atoms with Crippen LogP contribution in [0.3, 0.4) is 0 Å². The van der Waals surface area contributed by atoms with Gasteiger partial charge >= 0.3 is 0 Å². The number of allylic oxidation sites excluding steroid dienone is 2. The van der Waals surface area contributed by atoms with Crippen LogP contribution in [0.25, 0.3) is 0 Å². The average Bonchev–Trinajstić information content (AvgIpc) is 2.23. The SMILES string of the molecule is CC[C@@H](CO)N=CC1=C(O)CCCC1=O. The van der Waals surface area contributed by atoms with Gasteiger partial charge in [-0.15, -0.1) is 0 Å².